The second-order valence-corrected chi connectivity index (χ2v) is 4.51. The Bertz CT molecular complexity index is 285. The third kappa shape index (κ3) is 5.88. The first-order valence-corrected chi connectivity index (χ1v) is 6.57. The molecule has 1 amide bonds. The molecular formula is C12H19NO2S. The Hall–Kier alpha value is -0.870. The van der Waals surface area contributed by atoms with Crippen LogP contribution < -0.4 is 5.32 Å². The van der Waals surface area contributed by atoms with Crippen LogP contribution in [0.3, 0.4) is 0 Å². The van der Waals surface area contributed by atoms with E-state index in [2.05, 4.69) is 11.4 Å². The van der Waals surface area contributed by atoms with Crippen LogP contribution >= 0.6 is 11.3 Å². The molecular weight excluding hydrogens is 222 g/mol. The number of rotatable bonds is 8. The topological polar surface area (TPSA) is 38.3 Å². The van der Waals surface area contributed by atoms with Crippen molar-refractivity contribution in [2.75, 3.05) is 19.8 Å². The van der Waals surface area contributed by atoms with Gasteiger partial charge in [0.05, 0.1) is 0 Å². The standard InChI is InChI=1S/C12H19NO2S/c1-2-15-9-4-8-13-12(14)7-6-11-5-3-10-16-11/h3,5,10H,2,4,6-9H2,1H3,(H,13,14). The number of nitrogens with one attached hydrogen (secondary N) is 1. The normalized spacial score (nSPS) is 10.3. The van der Waals surface area contributed by atoms with Gasteiger partial charge < -0.3 is 10.1 Å². The van der Waals surface area contributed by atoms with E-state index in [1.165, 1.54) is 4.88 Å². The van der Waals surface area contributed by atoms with Crippen LogP contribution in [0, 0.1) is 0 Å². The summed E-state index contributed by atoms with van der Waals surface area (Å²) >= 11 is 1.70. The summed E-state index contributed by atoms with van der Waals surface area (Å²) in [6.45, 7) is 4.15. The lowest BCUT2D eigenvalue weighted by Crippen LogP contribution is -2.25. The van der Waals surface area contributed by atoms with Crippen molar-refractivity contribution in [1.29, 1.82) is 0 Å². The molecule has 90 valence electrons. The minimum absolute atomic E-state index is 0.130. The molecule has 0 bridgehead atoms. The molecule has 0 spiro atoms. The quantitative estimate of drug-likeness (QED) is 0.709. The third-order valence-electron chi connectivity index (χ3n) is 2.17. The number of carbonyl (C=O) groups excluding carboxylic acids is 1. The number of thiophene rings is 1. The largest absolute Gasteiger partial charge is 0.382 e. The highest BCUT2D eigenvalue weighted by Crippen LogP contribution is 2.10. The minimum Gasteiger partial charge on any atom is -0.382 e. The molecule has 1 aromatic rings. The molecule has 0 saturated heterocycles. The van der Waals surface area contributed by atoms with E-state index in [-0.39, 0.29) is 5.91 Å². The highest BCUT2D eigenvalue weighted by molar-refractivity contribution is 7.09. The maximum Gasteiger partial charge on any atom is 0.220 e. The van der Waals surface area contributed by atoms with Gasteiger partial charge in [0, 0.05) is 31.1 Å². The number of amides is 1. The summed E-state index contributed by atoms with van der Waals surface area (Å²) in [5, 5.41) is 4.93. The van der Waals surface area contributed by atoms with E-state index in [0.29, 0.717) is 13.0 Å². The molecule has 0 aliphatic carbocycles. The lowest BCUT2D eigenvalue weighted by Gasteiger charge is -2.04. The highest BCUT2D eigenvalue weighted by atomic mass is 32.1. The van der Waals surface area contributed by atoms with Gasteiger partial charge in [-0.25, -0.2) is 0 Å². The summed E-state index contributed by atoms with van der Waals surface area (Å²) in [7, 11) is 0. The molecule has 0 fully saturated rings. The van der Waals surface area contributed by atoms with Crippen molar-refractivity contribution < 1.29 is 9.53 Å². The fraction of sp³-hybridized carbons (Fsp3) is 0.583. The van der Waals surface area contributed by atoms with Crippen molar-refractivity contribution in [3.8, 4) is 0 Å². The molecule has 1 heterocycles. The first kappa shape index (κ1) is 13.2. The van der Waals surface area contributed by atoms with Gasteiger partial charge in [-0.3, -0.25) is 4.79 Å². The van der Waals surface area contributed by atoms with E-state index in [9.17, 15) is 4.79 Å². The Labute approximate surface area is 101 Å². The average molecular weight is 241 g/mol. The number of ether oxygens (including phenoxy) is 1. The maximum atomic E-state index is 11.4. The molecule has 1 aromatic heterocycles. The van der Waals surface area contributed by atoms with E-state index >= 15 is 0 Å². The predicted molar refractivity (Wildman–Crippen MR) is 66.8 cm³/mol. The first-order valence-electron chi connectivity index (χ1n) is 5.69. The molecule has 1 rings (SSSR count). The zero-order valence-corrected chi connectivity index (χ0v) is 10.5. The molecule has 4 heteroatoms. The second-order valence-electron chi connectivity index (χ2n) is 3.48. The van der Waals surface area contributed by atoms with E-state index in [1.54, 1.807) is 11.3 Å². The van der Waals surface area contributed by atoms with E-state index in [1.807, 2.05) is 18.4 Å². The first-order chi connectivity index (χ1) is 7.83. The Kier molecular flexibility index (Phi) is 6.85. The van der Waals surface area contributed by atoms with Crippen molar-refractivity contribution in [2.24, 2.45) is 0 Å². The van der Waals surface area contributed by atoms with Crippen LogP contribution in [-0.4, -0.2) is 25.7 Å². The fourth-order valence-electron chi connectivity index (χ4n) is 1.33. The number of aryl methyl sites for hydroxylation is 1. The molecule has 0 radical (unpaired) electrons. The van der Waals surface area contributed by atoms with Crippen LogP contribution in [0.2, 0.25) is 0 Å². The van der Waals surface area contributed by atoms with Crippen molar-refractivity contribution in [3.05, 3.63) is 22.4 Å². The fourth-order valence-corrected chi connectivity index (χ4v) is 2.04. The molecule has 1 N–H and O–H groups in total. The van der Waals surface area contributed by atoms with E-state index in [0.717, 1.165) is 26.1 Å². The van der Waals surface area contributed by atoms with Crippen LogP contribution in [0.5, 0.6) is 0 Å². The van der Waals surface area contributed by atoms with Crippen LogP contribution in [0.4, 0.5) is 0 Å². The van der Waals surface area contributed by atoms with Gasteiger partial charge in [0.25, 0.3) is 0 Å². The molecule has 0 atom stereocenters. The summed E-state index contributed by atoms with van der Waals surface area (Å²) in [4.78, 5) is 12.7. The molecule has 0 unspecified atom stereocenters. The van der Waals surface area contributed by atoms with Crippen LogP contribution in [0.15, 0.2) is 17.5 Å². The van der Waals surface area contributed by atoms with Crippen molar-refractivity contribution in [1.82, 2.24) is 5.32 Å². The third-order valence-corrected chi connectivity index (χ3v) is 3.11. The number of hydrogen-bond donors (Lipinski definition) is 1. The lowest BCUT2D eigenvalue weighted by molar-refractivity contribution is -0.121. The lowest BCUT2D eigenvalue weighted by atomic mass is 10.2. The Morgan fingerprint density at radius 1 is 1.56 bits per heavy atom. The smallest absolute Gasteiger partial charge is 0.220 e. The summed E-state index contributed by atoms with van der Waals surface area (Å²) in [5.74, 6) is 0.130. The molecule has 0 aliphatic rings. The van der Waals surface area contributed by atoms with E-state index in [4.69, 9.17) is 4.74 Å². The zero-order chi connectivity index (χ0) is 11.6. The average Bonchev–Trinajstić information content (AvgIpc) is 2.79. The SMILES string of the molecule is CCOCCCNC(=O)CCc1cccs1. The summed E-state index contributed by atoms with van der Waals surface area (Å²) < 4.78 is 5.18. The molecule has 0 aromatic carbocycles. The summed E-state index contributed by atoms with van der Waals surface area (Å²) in [6, 6.07) is 4.08. The molecule has 0 aliphatic heterocycles. The van der Waals surface area contributed by atoms with Crippen molar-refractivity contribution in [2.45, 2.75) is 26.2 Å². The predicted octanol–water partition coefficient (Wildman–Crippen LogP) is 2.22. The molecule has 16 heavy (non-hydrogen) atoms. The minimum atomic E-state index is 0.130. The zero-order valence-electron chi connectivity index (χ0n) is 9.70. The van der Waals surface area contributed by atoms with Gasteiger partial charge in [-0.1, -0.05) is 6.07 Å². The van der Waals surface area contributed by atoms with Crippen molar-refractivity contribution >= 4 is 17.2 Å². The molecule has 0 saturated carbocycles. The second kappa shape index (κ2) is 8.30. The molecule has 3 nitrogen and oxygen atoms in total. The van der Waals surface area contributed by atoms with E-state index < -0.39 is 0 Å². The van der Waals surface area contributed by atoms with Gasteiger partial charge in [-0.15, -0.1) is 11.3 Å². The van der Waals surface area contributed by atoms with Gasteiger partial charge in [-0.05, 0) is 31.2 Å². The van der Waals surface area contributed by atoms with Gasteiger partial charge >= 0.3 is 0 Å². The number of carbonyl (C=O) groups is 1. The summed E-state index contributed by atoms with van der Waals surface area (Å²) in [5.41, 5.74) is 0. The van der Waals surface area contributed by atoms with Gasteiger partial charge in [-0.2, -0.15) is 0 Å². The maximum absolute atomic E-state index is 11.4. The van der Waals surface area contributed by atoms with Crippen LogP contribution in [0.1, 0.15) is 24.6 Å². The summed E-state index contributed by atoms with van der Waals surface area (Å²) in [6.07, 6.45) is 2.31. The van der Waals surface area contributed by atoms with Crippen molar-refractivity contribution in [3.63, 3.8) is 0 Å². The van der Waals surface area contributed by atoms with Gasteiger partial charge in [0.2, 0.25) is 5.91 Å². The Balaban J connectivity index is 1.99. The monoisotopic (exact) mass is 241 g/mol. The highest BCUT2D eigenvalue weighted by Gasteiger charge is 2.01. The van der Waals surface area contributed by atoms with Crippen LogP contribution in [0.25, 0.3) is 0 Å². The Morgan fingerprint density at radius 3 is 3.12 bits per heavy atom. The number of hydrogen-bond acceptors (Lipinski definition) is 3. The Morgan fingerprint density at radius 2 is 2.44 bits per heavy atom. The van der Waals surface area contributed by atoms with Gasteiger partial charge in [0.15, 0.2) is 0 Å². The van der Waals surface area contributed by atoms with Gasteiger partial charge in [0.1, 0.15) is 0 Å². The van der Waals surface area contributed by atoms with Crippen LogP contribution in [-0.2, 0) is 16.0 Å².